The topological polar surface area (TPSA) is 87.3 Å². The number of thioether (sulfide) groups is 1. The Morgan fingerprint density at radius 2 is 1.33 bits per heavy atom. The van der Waals surface area contributed by atoms with Gasteiger partial charge in [-0.1, -0.05) is 78.3 Å². The van der Waals surface area contributed by atoms with Crippen LogP contribution < -0.4 is 16.0 Å². The quantitative estimate of drug-likeness (QED) is 0.104. The maximum atomic E-state index is 14.6. The lowest BCUT2D eigenvalue weighted by Gasteiger charge is -2.18. The van der Waals surface area contributed by atoms with E-state index in [-0.39, 0.29) is 22.0 Å². The normalized spacial score (nSPS) is 11.8. The van der Waals surface area contributed by atoms with Crippen LogP contribution in [-0.2, 0) is 9.59 Å². The number of halogens is 3. The number of carbonyl (C=O) groups excluding carboxylic acids is 3. The second kappa shape index (κ2) is 15.2. The van der Waals surface area contributed by atoms with Gasteiger partial charge in [0, 0.05) is 21.7 Å². The molecule has 5 rings (SSSR count). The van der Waals surface area contributed by atoms with Gasteiger partial charge in [0.2, 0.25) is 5.91 Å². The van der Waals surface area contributed by atoms with Crippen molar-refractivity contribution in [2.75, 3.05) is 10.6 Å². The van der Waals surface area contributed by atoms with E-state index < -0.39 is 34.6 Å². The van der Waals surface area contributed by atoms with Crippen LogP contribution >= 0.6 is 23.4 Å². The molecule has 3 N–H and O–H groups in total. The third-order valence-corrected chi connectivity index (χ3v) is 8.25. The minimum atomic E-state index is -0.713. The molecule has 0 aliphatic heterocycles. The summed E-state index contributed by atoms with van der Waals surface area (Å²) in [7, 11) is 0. The summed E-state index contributed by atoms with van der Waals surface area (Å²) in [5, 5.41) is 7.29. The third-order valence-electron chi connectivity index (χ3n) is 6.66. The number of hydrogen-bond donors (Lipinski definition) is 3. The van der Waals surface area contributed by atoms with Gasteiger partial charge in [0.1, 0.15) is 22.6 Å². The lowest BCUT2D eigenvalue weighted by atomic mass is 10.1. The largest absolute Gasteiger partial charge is 0.322 e. The summed E-state index contributed by atoms with van der Waals surface area (Å²) in [6.07, 6.45) is 1.18. The minimum Gasteiger partial charge on any atom is -0.322 e. The number of nitrogens with one attached hydrogen (secondary N) is 3. The fourth-order valence-electron chi connectivity index (χ4n) is 4.35. The average Bonchev–Trinajstić information content (AvgIpc) is 3.07. The van der Waals surface area contributed by atoms with Crippen LogP contribution in [0.3, 0.4) is 0 Å². The Morgan fingerprint density at radius 3 is 2.00 bits per heavy atom. The number of carbonyl (C=O) groups is 3. The van der Waals surface area contributed by atoms with Crippen LogP contribution in [0.25, 0.3) is 6.08 Å². The van der Waals surface area contributed by atoms with E-state index in [0.29, 0.717) is 16.1 Å². The summed E-state index contributed by atoms with van der Waals surface area (Å²) >= 11 is 7.44. The highest BCUT2D eigenvalue weighted by Crippen LogP contribution is 2.37. The predicted octanol–water partition coefficient (Wildman–Crippen LogP) is 8.50. The summed E-state index contributed by atoms with van der Waals surface area (Å²) in [5.74, 6) is -2.90. The highest BCUT2D eigenvalue weighted by molar-refractivity contribution is 8.00. The second-order valence-corrected chi connectivity index (χ2v) is 11.5. The number of amides is 3. The van der Waals surface area contributed by atoms with Gasteiger partial charge in [0.25, 0.3) is 11.8 Å². The summed E-state index contributed by atoms with van der Waals surface area (Å²) in [4.78, 5) is 40.3. The van der Waals surface area contributed by atoms with Crippen LogP contribution in [0.1, 0.15) is 26.7 Å². The maximum Gasteiger partial charge on any atom is 0.272 e. The molecule has 0 fully saturated rings. The number of benzene rings is 5. The fraction of sp³-hybridized carbons (Fsp3) is 0.0278. The fourth-order valence-corrected chi connectivity index (χ4v) is 5.59. The van der Waals surface area contributed by atoms with Gasteiger partial charge < -0.3 is 16.0 Å². The Labute approximate surface area is 273 Å². The highest BCUT2D eigenvalue weighted by atomic mass is 35.5. The van der Waals surface area contributed by atoms with Crippen LogP contribution in [0, 0.1) is 11.6 Å². The van der Waals surface area contributed by atoms with Crippen LogP contribution in [0.4, 0.5) is 20.2 Å². The molecule has 10 heteroatoms. The van der Waals surface area contributed by atoms with Gasteiger partial charge >= 0.3 is 0 Å². The molecular weight excluding hydrogens is 628 g/mol. The Balaban J connectivity index is 1.35. The molecule has 230 valence electrons. The van der Waals surface area contributed by atoms with E-state index in [2.05, 4.69) is 16.0 Å². The standard InChI is InChI=1S/C36H26ClF2N3O3S/c37-28-14-9-16-29(38)27(28)22-32(42-34(43)24-12-5-2-6-13-24)35(44)40-25-18-20-26(21-19-25)46-33(23-10-3-1-4-11-23)36(45)41-31-17-8-7-15-30(31)39/h1-22,33H,(H,40,44)(H,41,45)(H,42,43)/b32-22-. The summed E-state index contributed by atoms with van der Waals surface area (Å²) < 4.78 is 28.9. The number of hydrogen-bond acceptors (Lipinski definition) is 4. The SMILES string of the molecule is O=C(Nc1ccc(SC(C(=O)Nc2ccccc2F)c2ccccc2)cc1)/C(=C/c1c(F)cccc1Cl)NC(=O)c1ccccc1. The van der Waals surface area contributed by atoms with Gasteiger partial charge in [-0.05, 0) is 72.3 Å². The van der Waals surface area contributed by atoms with E-state index in [4.69, 9.17) is 11.6 Å². The molecule has 0 radical (unpaired) electrons. The molecule has 3 amide bonds. The van der Waals surface area contributed by atoms with Crippen LogP contribution in [0.15, 0.2) is 138 Å². The summed E-state index contributed by atoms with van der Waals surface area (Å²) in [5.41, 5.74) is 1.18. The molecule has 0 bridgehead atoms. The van der Waals surface area contributed by atoms with Crippen LogP contribution in [-0.4, -0.2) is 17.7 Å². The predicted molar refractivity (Wildman–Crippen MR) is 178 cm³/mol. The molecule has 0 saturated carbocycles. The van der Waals surface area contributed by atoms with Gasteiger partial charge in [-0.15, -0.1) is 11.8 Å². The first-order chi connectivity index (χ1) is 22.3. The van der Waals surface area contributed by atoms with Gasteiger partial charge in [0.15, 0.2) is 0 Å². The molecule has 5 aromatic rings. The molecule has 0 aliphatic carbocycles. The maximum absolute atomic E-state index is 14.6. The van der Waals surface area contributed by atoms with Crippen molar-refractivity contribution in [1.29, 1.82) is 0 Å². The van der Waals surface area contributed by atoms with Crippen molar-refractivity contribution in [3.63, 3.8) is 0 Å². The molecule has 0 spiro atoms. The molecule has 6 nitrogen and oxygen atoms in total. The first kappa shape index (κ1) is 32.2. The minimum absolute atomic E-state index is 0.0601. The molecule has 0 heterocycles. The molecule has 46 heavy (non-hydrogen) atoms. The van der Waals surface area contributed by atoms with Gasteiger partial charge in [-0.3, -0.25) is 14.4 Å². The van der Waals surface area contributed by atoms with Crippen molar-refractivity contribution in [2.24, 2.45) is 0 Å². The Kier molecular flexibility index (Phi) is 10.6. The molecular formula is C36H26ClF2N3O3S. The second-order valence-electron chi connectivity index (χ2n) is 9.87. The molecule has 0 aliphatic rings. The zero-order chi connectivity index (χ0) is 32.5. The van der Waals surface area contributed by atoms with Crippen molar-refractivity contribution < 1.29 is 23.2 Å². The molecule has 0 aromatic heterocycles. The third kappa shape index (κ3) is 8.26. The van der Waals surface area contributed by atoms with E-state index in [1.165, 1.54) is 48.2 Å². The van der Waals surface area contributed by atoms with E-state index in [9.17, 15) is 23.2 Å². The van der Waals surface area contributed by atoms with Crippen molar-refractivity contribution in [1.82, 2.24) is 5.32 Å². The first-order valence-electron chi connectivity index (χ1n) is 14.0. The van der Waals surface area contributed by atoms with Crippen molar-refractivity contribution >= 4 is 58.5 Å². The van der Waals surface area contributed by atoms with Gasteiger partial charge in [-0.25, -0.2) is 8.78 Å². The van der Waals surface area contributed by atoms with E-state index in [0.717, 1.165) is 5.56 Å². The van der Waals surface area contributed by atoms with Crippen LogP contribution in [0.2, 0.25) is 5.02 Å². The van der Waals surface area contributed by atoms with Crippen molar-refractivity contribution in [3.05, 3.63) is 166 Å². The lowest BCUT2D eigenvalue weighted by Crippen LogP contribution is -2.30. The Hall–Kier alpha value is -5.25. The first-order valence-corrected chi connectivity index (χ1v) is 15.2. The summed E-state index contributed by atoms with van der Waals surface area (Å²) in [6, 6.07) is 34.1. The van der Waals surface area contributed by atoms with Crippen molar-refractivity contribution in [3.8, 4) is 0 Å². The van der Waals surface area contributed by atoms with Crippen molar-refractivity contribution in [2.45, 2.75) is 10.1 Å². The monoisotopic (exact) mass is 653 g/mol. The molecule has 1 atom stereocenters. The molecule has 0 saturated heterocycles. The van der Waals surface area contributed by atoms with Crippen LogP contribution in [0.5, 0.6) is 0 Å². The van der Waals surface area contributed by atoms with Gasteiger partial charge in [0.05, 0.1) is 10.7 Å². The summed E-state index contributed by atoms with van der Waals surface area (Å²) in [6.45, 7) is 0. The zero-order valence-electron chi connectivity index (χ0n) is 24.0. The highest BCUT2D eigenvalue weighted by Gasteiger charge is 2.23. The lowest BCUT2D eigenvalue weighted by molar-refractivity contribution is -0.116. The van der Waals surface area contributed by atoms with E-state index >= 15 is 0 Å². The number of rotatable bonds is 10. The smallest absolute Gasteiger partial charge is 0.272 e. The number of anilines is 2. The van der Waals surface area contributed by atoms with E-state index in [1.807, 2.05) is 30.3 Å². The molecule has 5 aromatic carbocycles. The average molecular weight is 654 g/mol. The zero-order valence-corrected chi connectivity index (χ0v) is 25.6. The Morgan fingerprint density at radius 1 is 0.696 bits per heavy atom. The van der Waals surface area contributed by atoms with E-state index in [1.54, 1.807) is 66.7 Å². The Bertz CT molecular complexity index is 1870. The molecule has 1 unspecified atom stereocenters. The van der Waals surface area contributed by atoms with Gasteiger partial charge in [-0.2, -0.15) is 0 Å². The number of para-hydroxylation sites is 1.